The summed E-state index contributed by atoms with van der Waals surface area (Å²) in [6, 6.07) is 4.69. The molecular weight excluding hydrogens is 302 g/mol. The molecule has 0 fully saturated rings. The van der Waals surface area contributed by atoms with Gasteiger partial charge in [-0.25, -0.2) is 0 Å². The quantitative estimate of drug-likeness (QED) is 0.701. The Labute approximate surface area is 113 Å². The maximum Gasteiger partial charge on any atom is 0.216 e. The van der Waals surface area contributed by atoms with Crippen LogP contribution in [0.3, 0.4) is 0 Å². The van der Waals surface area contributed by atoms with Crippen molar-refractivity contribution in [1.29, 1.82) is 0 Å². The Morgan fingerprint density at radius 3 is 2.67 bits per heavy atom. The Balaban J connectivity index is 2.82. The zero-order chi connectivity index (χ0) is 13.7. The molecule has 98 valence electrons. The van der Waals surface area contributed by atoms with Gasteiger partial charge in [-0.15, -0.1) is 0 Å². The van der Waals surface area contributed by atoms with Crippen molar-refractivity contribution in [3.05, 3.63) is 33.8 Å². The van der Waals surface area contributed by atoms with Crippen LogP contribution in [-0.4, -0.2) is 35.1 Å². The number of benzene rings is 1. The molecule has 0 saturated carbocycles. The molecule has 1 aromatic carbocycles. The third-order valence-corrected chi connectivity index (χ3v) is 2.80. The largest absolute Gasteiger partial charge is 0.388 e. The van der Waals surface area contributed by atoms with Gasteiger partial charge in [0, 0.05) is 23.5 Å². The van der Waals surface area contributed by atoms with Gasteiger partial charge in [0.25, 0.3) is 0 Å². The van der Waals surface area contributed by atoms with Crippen LogP contribution in [0.2, 0.25) is 0 Å². The molecular formula is C12H14BrNO4. The molecule has 0 heterocycles. The van der Waals surface area contributed by atoms with Gasteiger partial charge < -0.3 is 15.5 Å². The van der Waals surface area contributed by atoms with Crippen molar-refractivity contribution in [2.75, 3.05) is 6.54 Å². The van der Waals surface area contributed by atoms with E-state index in [1.54, 1.807) is 12.1 Å². The van der Waals surface area contributed by atoms with Crippen molar-refractivity contribution < 1.29 is 19.8 Å². The molecule has 0 bridgehead atoms. The highest BCUT2D eigenvalue weighted by molar-refractivity contribution is 9.10. The maximum absolute atomic E-state index is 10.7. The molecule has 1 aromatic rings. The standard InChI is InChI=1S/C12H14BrNO4/c1-7(16)14-5-11(17)12(18)9-2-8(6-15)3-10(13)4-9/h2-4,6,11-12,17-18H,5H2,1H3,(H,14,16). The number of hydrogen-bond acceptors (Lipinski definition) is 4. The maximum atomic E-state index is 10.7. The van der Waals surface area contributed by atoms with Crippen molar-refractivity contribution in [2.24, 2.45) is 0 Å². The fraction of sp³-hybridized carbons (Fsp3) is 0.333. The molecule has 0 radical (unpaired) electrons. The number of rotatable bonds is 5. The number of halogens is 1. The van der Waals surface area contributed by atoms with E-state index in [0.717, 1.165) is 0 Å². The van der Waals surface area contributed by atoms with E-state index in [1.807, 2.05) is 0 Å². The summed E-state index contributed by atoms with van der Waals surface area (Å²) in [6.07, 6.45) is -1.66. The van der Waals surface area contributed by atoms with Gasteiger partial charge in [0.1, 0.15) is 18.5 Å². The number of aliphatic hydroxyl groups excluding tert-OH is 2. The lowest BCUT2D eigenvalue weighted by atomic mass is 10.0. The van der Waals surface area contributed by atoms with Crippen LogP contribution < -0.4 is 5.32 Å². The van der Waals surface area contributed by atoms with Crippen molar-refractivity contribution >= 4 is 28.1 Å². The monoisotopic (exact) mass is 315 g/mol. The van der Waals surface area contributed by atoms with Crippen molar-refractivity contribution in [3.63, 3.8) is 0 Å². The second-order valence-electron chi connectivity index (χ2n) is 3.89. The molecule has 0 aliphatic heterocycles. The molecule has 0 spiro atoms. The van der Waals surface area contributed by atoms with Crippen LogP contribution >= 0.6 is 15.9 Å². The number of hydrogen-bond donors (Lipinski definition) is 3. The first-order valence-corrected chi connectivity index (χ1v) is 6.09. The minimum Gasteiger partial charge on any atom is -0.388 e. The van der Waals surface area contributed by atoms with Crippen LogP contribution in [0.4, 0.5) is 0 Å². The number of nitrogens with one attached hydrogen (secondary N) is 1. The Morgan fingerprint density at radius 1 is 1.44 bits per heavy atom. The van der Waals surface area contributed by atoms with E-state index in [2.05, 4.69) is 21.2 Å². The second-order valence-corrected chi connectivity index (χ2v) is 4.80. The van der Waals surface area contributed by atoms with Gasteiger partial charge in [-0.3, -0.25) is 9.59 Å². The number of amides is 1. The summed E-state index contributed by atoms with van der Waals surface area (Å²) < 4.78 is 0.632. The third kappa shape index (κ3) is 4.21. The molecule has 0 aliphatic rings. The zero-order valence-corrected chi connectivity index (χ0v) is 11.3. The first-order valence-electron chi connectivity index (χ1n) is 5.30. The molecule has 5 nitrogen and oxygen atoms in total. The van der Waals surface area contributed by atoms with E-state index in [4.69, 9.17) is 0 Å². The summed E-state index contributed by atoms with van der Waals surface area (Å²) in [7, 11) is 0. The molecule has 18 heavy (non-hydrogen) atoms. The highest BCUT2D eigenvalue weighted by Crippen LogP contribution is 2.22. The lowest BCUT2D eigenvalue weighted by Crippen LogP contribution is -2.34. The highest BCUT2D eigenvalue weighted by Gasteiger charge is 2.19. The summed E-state index contributed by atoms with van der Waals surface area (Å²) >= 11 is 3.21. The molecule has 2 unspecified atom stereocenters. The zero-order valence-electron chi connectivity index (χ0n) is 9.76. The van der Waals surface area contributed by atoms with Gasteiger partial charge >= 0.3 is 0 Å². The van der Waals surface area contributed by atoms with E-state index >= 15 is 0 Å². The summed E-state index contributed by atoms with van der Waals surface area (Å²) in [5.41, 5.74) is 0.800. The van der Waals surface area contributed by atoms with E-state index < -0.39 is 12.2 Å². The average molecular weight is 316 g/mol. The van der Waals surface area contributed by atoms with Crippen LogP contribution in [0.5, 0.6) is 0 Å². The van der Waals surface area contributed by atoms with Crippen molar-refractivity contribution in [2.45, 2.75) is 19.1 Å². The predicted molar refractivity (Wildman–Crippen MR) is 69.2 cm³/mol. The van der Waals surface area contributed by atoms with E-state index in [0.29, 0.717) is 21.9 Å². The van der Waals surface area contributed by atoms with Crippen LogP contribution in [0.25, 0.3) is 0 Å². The van der Waals surface area contributed by atoms with Gasteiger partial charge in [0.15, 0.2) is 0 Å². The van der Waals surface area contributed by atoms with Crippen molar-refractivity contribution in [3.8, 4) is 0 Å². The minimum absolute atomic E-state index is 0.0561. The molecule has 1 rings (SSSR count). The summed E-state index contributed by atoms with van der Waals surface area (Å²) in [6.45, 7) is 1.27. The molecule has 6 heteroatoms. The van der Waals surface area contributed by atoms with Crippen LogP contribution in [0.1, 0.15) is 28.9 Å². The van der Waals surface area contributed by atoms with Gasteiger partial charge in [-0.1, -0.05) is 15.9 Å². The summed E-state index contributed by atoms with van der Waals surface area (Å²) in [5.74, 6) is -0.288. The van der Waals surface area contributed by atoms with E-state index in [9.17, 15) is 19.8 Å². The van der Waals surface area contributed by atoms with E-state index in [1.165, 1.54) is 13.0 Å². The molecule has 3 N–H and O–H groups in total. The number of carbonyl (C=O) groups excluding carboxylic acids is 2. The Hall–Kier alpha value is -1.24. The highest BCUT2D eigenvalue weighted by atomic mass is 79.9. The normalized spacial score (nSPS) is 13.8. The van der Waals surface area contributed by atoms with Crippen LogP contribution in [-0.2, 0) is 4.79 Å². The van der Waals surface area contributed by atoms with E-state index in [-0.39, 0.29) is 12.5 Å². The number of carbonyl (C=O) groups is 2. The average Bonchev–Trinajstić information content (AvgIpc) is 2.34. The fourth-order valence-corrected chi connectivity index (χ4v) is 1.99. The van der Waals surface area contributed by atoms with Crippen molar-refractivity contribution in [1.82, 2.24) is 5.32 Å². The van der Waals surface area contributed by atoms with Crippen LogP contribution in [0.15, 0.2) is 22.7 Å². The molecule has 2 atom stereocenters. The molecule has 1 amide bonds. The summed E-state index contributed by atoms with van der Waals surface area (Å²) in [4.78, 5) is 21.4. The topological polar surface area (TPSA) is 86.6 Å². The summed E-state index contributed by atoms with van der Waals surface area (Å²) in [5, 5.41) is 22.0. The fourth-order valence-electron chi connectivity index (χ4n) is 1.46. The van der Waals surface area contributed by atoms with Gasteiger partial charge in [-0.05, 0) is 23.8 Å². The predicted octanol–water partition coefficient (Wildman–Crippen LogP) is 0.792. The Bertz CT molecular complexity index is 450. The van der Waals surface area contributed by atoms with Gasteiger partial charge in [0.2, 0.25) is 5.91 Å². The second kappa shape index (κ2) is 6.63. The SMILES string of the molecule is CC(=O)NCC(O)C(O)c1cc(Br)cc(C=O)c1. The Morgan fingerprint density at radius 2 is 2.11 bits per heavy atom. The first kappa shape index (κ1) is 14.8. The molecule has 0 aliphatic carbocycles. The lowest BCUT2D eigenvalue weighted by Gasteiger charge is -2.18. The van der Waals surface area contributed by atoms with Gasteiger partial charge in [0.05, 0.1) is 0 Å². The third-order valence-electron chi connectivity index (χ3n) is 2.34. The Kier molecular flexibility index (Phi) is 5.46. The smallest absolute Gasteiger partial charge is 0.216 e. The molecule has 0 aromatic heterocycles. The van der Waals surface area contributed by atoms with Gasteiger partial charge in [-0.2, -0.15) is 0 Å². The number of aliphatic hydroxyl groups is 2. The molecule has 0 saturated heterocycles. The lowest BCUT2D eigenvalue weighted by molar-refractivity contribution is -0.119. The number of aldehydes is 1. The van der Waals surface area contributed by atoms with Crippen LogP contribution in [0, 0.1) is 0 Å². The minimum atomic E-state index is -1.17. The first-order chi connectivity index (χ1) is 8.43.